The van der Waals surface area contributed by atoms with E-state index in [0.29, 0.717) is 48.5 Å². The van der Waals surface area contributed by atoms with E-state index in [2.05, 4.69) is 15.2 Å². The zero-order chi connectivity index (χ0) is 29.3. The Hall–Kier alpha value is -3.40. The van der Waals surface area contributed by atoms with Crippen molar-refractivity contribution in [1.82, 2.24) is 20.1 Å². The fraction of sp³-hybridized carbons (Fsp3) is 0.548. The van der Waals surface area contributed by atoms with Crippen LogP contribution in [0, 0.1) is 31.6 Å². The minimum Gasteiger partial charge on any atom is -0.470 e. The molecule has 0 radical (unpaired) electrons. The Balaban J connectivity index is 1.15. The summed E-state index contributed by atoms with van der Waals surface area (Å²) in [6.45, 7) is 8.91. The number of alkyl halides is 2. The summed E-state index contributed by atoms with van der Waals surface area (Å²) in [4.78, 5) is 46.1. The number of carbonyl (C=O) groups excluding carboxylic acids is 3. The lowest BCUT2D eigenvalue weighted by molar-refractivity contribution is -0.150. The monoisotopic (exact) mass is 568 g/mol. The average Bonchev–Trinajstić information content (AvgIpc) is 3.47. The van der Waals surface area contributed by atoms with Gasteiger partial charge >= 0.3 is 0 Å². The number of nitrogens with zero attached hydrogens (tertiary/aromatic N) is 3. The smallest absolute Gasteiger partial charge is 0.255 e. The van der Waals surface area contributed by atoms with E-state index in [1.165, 1.54) is 6.92 Å². The molecule has 2 aliphatic heterocycles. The second-order valence-electron chi connectivity index (χ2n) is 11.9. The van der Waals surface area contributed by atoms with Gasteiger partial charge in [-0.1, -0.05) is 30.3 Å². The number of nitrogens with one attached hydrogen (secondary N) is 1. The molecule has 1 aliphatic carbocycles. The molecule has 5 rings (SSSR count). The van der Waals surface area contributed by atoms with Crippen molar-refractivity contribution >= 4 is 17.6 Å². The SMILES string of the molecule is CC(=O)COc1cc(C)c(C(=O)N2CC3CN(CC[C@H](NC(=O)C4CC(F)(F)C4)c4ccccc4)CC3C2)c(C)n1. The van der Waals surface area contributed by atoms with Crippen LogP contribution >= 0.6 is 0 Å². The maximum absolute atomic E-state index is 13.5. The summed E-state index contributed by atoms with van der Waals surface area (Å²) in [5, 5.41) is 3.03. The number of amides is 2. The fourth-order valence-corrected chi connectivity index (χ4v) is 6.42. The Morgan fingerprint density at radius 2 is 1.73 bits per heavy atom. The van der Waals surface area contributed by atoms with E-state index in [1.54, 1.807) is 13.0 Å². The van der Waals surface area contributed by atoms with Crippen molar-refractivity contribution in [2.75, 3.05) is 39.3 Å². The van der Waals surface area contributed by atoms with Gasteiger partial charge in [-0.2, -0.15) is 0 Å². The number of aryl methyl sites for hydroxylation is 2. The van der Waals surface area contributed by atoms with Crippen LogP contribution in [0.1, 0.15) is 59.4 Å². The Bertz CT molecular complexity index is 1260. The van der Waals surface area contributed by atoms with Gasteiger partial charge in [0.05, 0.1) is 17.3 Å². The van der Waals surface area contributed by atoms with E-state index in [4.69, 9.17) is 4.74 Å². The summed E-state index contributed by atoms with van der Waals surface area (Å²) in [5.74, 6) is -2.69. The first-order valence-corrected chi connectivity index (χ1v) is 14.3. The van der Waals surface area contributed by atoms with Gasteiger partial charge < -0.3 is 19.9 Å². The first kappa shape index (κ1) is 29.1. The van der Waals surface area contributed by atoms with Gasteiger partial charge in [0.15, 0.2) is 5.78 Å². The molecule has 2 aromatic rings. The van der Waals surface area contributed by atoms with Crippen LogP contribution in [-0.4, -0.2) is 77.6 Å². The van der Waals surface area contributed by atoms with Crippen molar-refractivity contribution in [3.05, 3.63) is 58.8 Å². The Kier molecular flexibility index (Phi) is 8.40. The van der Waals surface area contributed by atoms with Crippen molar-refractivity contribution in [2.24, 2.45) is 17.8 Å². The van der Waals surface area contributed by atoms with Crippen LogP contribution in [0.5, 0.6) is 5.88 Å². The zero-order valence-electron chi connectivity index (χ0n) is 23.9. The molecule has 0 spiro atoms. The third kappa shape index (κ3) is 6.74. The summed E-state index contributed by atoms with van der Waals surface area (Å²) in [5.41, 5.74) is 2.93. The lowest BCUT2D eigenvalue weighted by Crippen LogP contribution is -2.46. The molecule has 41 heavy (non-hydrogen) atoms. The van der Waals surface area contributed by atoms with Crippen molar-refractivity contribution < 1.29 is 27.9 Å². The number of rotatable bonds is 10. The summed E-state index contributed by atoms with van der Waals surface area (Å²) < 4.78 is 32.1. The average molecular weight is 569 g/mol. The summed E-state index contributed by atoms with van der Waals surface area (Å²) in [7, 11) is 0. The van der Waals surface area contributed by atoms with Crippen LogP contribution in [0.25, 0.3) is 0 Å². The second-order valence-corrected chi connectivity index (χ2v) is 11.9. The predicted octanol–water partition coefficient (Wildman–Crippen LogP) is 3.96. The number of benzene rings is 1. The van der Waals surface area contributed by atoms with E-state index in [1.807, 2.05) is 42.2 Å². The topological polar surface area (TPSA) is 91.8 Å². The van der Waals surface area contributed by atoms with Gasteiger partial charge in [0.2, 0.25) is 17.7 Å². The number of aromatic nitrogens is 1. The molecule has 8 nitrogen and oxygen atoms in total. The number of pyridine rings is 1. The minimum absolute atomic E-state index is 0.0278. The highest BCUT2D eigenvalue weighted by molar-refractivity contribution is 5.97. The summed E-state index contributed by atoms with van der Waals surface area (Å²) in [6.07, 6.45) is -0.0705. The molecule has 2 saturated heterocycles. The lowest BCUT2D eigenvalue weighted by atomic mass is 9.80. The first-order chi connectivity index (χ1) is 19.5. The van der Waals surface area contributed by atoms with Crippen molar-refractivity contribution in [2.45, 2.75) is 52.0 Å². The summed E-state index contributed by atoms with van der Waals surface area (Å²) >= 11 is 0. The van der Waals surface area contributed by atoms with Gasteiger partial charge in [0.1, 0.15) is 6.61 Å². The van der Waals surface area contributed by atoms with Crippen LogP contribution in [0.2, 0.25) is 0 Å². The van der Waals surface area contributed by atoms with E-state index in [-0.39, 0.29) is 43.1 Å². The Morgan fingerprint density at radius 1 is 1.07 bits per heavy atom. The maximum Gasteiger partial charge on any atom is 0.255 e. The molecule has 220 valence electrons. The Morgan fingerprint density at radius 3 is 2.32 bits per heavy atom. The minimum atomic E-state index is -2.73. The number of Topliss-reactive ketones (excluding diaryl/α,β-unsaturated/α-hetero) is 1. The largest absolute Gasteiger partial charge is 0.470 e. The molecule has 1 N–H and O–H groups in total. The fourth-order valence-electron chi connectivity index (χ4n) is 6.42. The van der Waals surface area contributed by atoms with Crippen molar-refractivity contribution in [3.63, 3.8) is 0 Å². The molecule has 3 atom stereocenters. The molecule has 3 heterocycles. The van der Waals surface area contributed by atoms with Gasteiger partial charge in [0.25, 0.3) is 5.91 Å². The van der Waals surface area contributed by atoms with Crippen LogP contribution in [0.15, 0.2) is 36.4 Å². The molecular weight excluding hydrogens is 530 g/mol. The van der Waals surface area contributed by atoms with Gasteiger partial charge in [-0.15, -0.1) is 0 Å². The Labute approximate surface area is 239 Å². The molecule has 1 saturated carbocycles. The number of fused-ring (bicyclic) bond motifs is 1. The number of likely N-dealkylation sites (tertiary alicyclic amines) is 2. The highest BCUT2D eigenvalue weighted by Gasteiger charge is 2.49. The van der Waals surface area contributed by atoms with Crippen LogP contribution in [-0.2, 0) is 9.59 Å². The molecule has 3 aliphatic rings. The quantitative estimate of drug-likeness (QED) is 0.467. The molecule has 0 bridgehead atoms. The van der Waals surface area contributed by atoms with Gasteiger partial charge in [0, 0.05) is 57.5 Å². The normalized spacial score (nSPS) is 22.6. The lowest BCUT2D eigenvalue weighted by Gasteiger charge is -2.35. The molecule has 1 aromatic carbocycles. The molecule has 3 fully saturated rings. The van der Waals surface area contributed by atoms with Gasteiger partial charge in [-0.25, -0.2) is 13.8 Å². The molecule has 10 heteroatoms. The van der Waals surface area contributed by atoms with E-state index in [0.717, 1.165) is 30.8 Å². The number of ketones is 1. The van der Waals surface area contributed by atoms with Gasteiger partial charge in [-0.05, 0) is 50.2 Å². The van der Waals surface area contributed by atoms with Crippen LogP contribution < -0.4 is 10.1 Å². The van der Waals surface area contributed by atoms with Crippen molar-refractivity contribution in [3.8, 4) is 5.88 Å². The van der Waals surface area contributed by atoms with E-state index in [9.17, 15) is 23.2 Å². The van der Waals surface area contributed by atoms with E-state index < -0.39 is 11.8 Å². The van der Waals surface area contributed by atoms with Crippen LogP contribution in [0.3, 0.4) is 0 Å². The maximum atomic E-state index is 13.5. The third-order valence-electron chi connectivity index (χ3n) is 8.57. The van der Waals surface area contributed by atoms with Crippen LogP contribution in [0.4, 0.5) is 8.78 Å². The molecular formula is C31H38F2N4O4. The zero-order valence-corrected chi connectivity index (χ0v) is 23.9. The number of hydrogen-bond acceptors (Lipinski definition) is 6. The summed E-state index contributed by atoms with van der Waals surface area (Å²) in [6, 6.07) is 11.1. The highest BCUT2D eigenvalue weighted by Crippen LogP contribution is 2.42. The first-order valence-electron chi connectivity index (χ1n) is 14.3. The van der Waals surface area contributed by atoms with Gasteiger partial charge in [-0.3, -0.25) is 14.4 Å². The highest BCUT2D eigenvalue weighted by atomic mass is 19.3. The van der Waals surface area contributed by atoms with Crippen molar-refractivity contribution in [1.29, 1.82) is 0 Å². The number of halogens is 2. The number of hydrogen-bond donors (Lipinski definition) is 1. The second kappa shape index (κ2) is 11.8. The molecule has 2 amide bonds. The third-order valence-corrected chi connectivity index (χ3v) is 8.57. The molecule has 1 aromatic heterocycles. The predicted molar refractivity (Wildman–Crippen MR) is 149 cm³/mol. The standard InChI is InChI=1S/C31H38F2N4O4/c1-19-11-27(41-18-20(2)38)34-21(3)28(19)30(40)37-16-24-14-36(15-25(24)17-37)10-9-26(22-7-5-4-6-8-22)35-29(39)23-12-31(32,33)13-23/h4-8,11,23-26H,9-10,12-18H2,1-3H3,(H,35,39)/t24?,25?,26-/m0/s1. The molecule has 2 unspecified atom stereocenters. The number of ether oxygens (including phenoxy) is 1. The number of carbonyl (C=O) groups is 3. The van der Waals surface area contributed by atoms with E-state index >= 15 is 0 Å².